The fourth-order valence-electron chi connectivity index (χ4n) is 4.77. The number of halogens is 1. The summed E-state index contributed by atoms with van der Waals surface area (Å²) in [5, 5.41) is 12.3. The minimum absolute atomic E-state index is 0.0702. The van der Waals surface area contributed by atoms with Gasteiger partial charge in [-0.2, -0.15) is 0 Å². The molecule has 3 aromatic carbocycles. The molecule has 4 aromatic rings. The smallest absolute Gasteiger partial charge is 0.301 e. The van der Waals surface area contributed by atoms with Crippen molar-refractivity contribution in [2.45, 2.75) is 32.2 Å². The van der Waals surface area contributed by atoms with Crippen molar-refractivity contribution < 1.29 is 28.9 Å². The van der Waals surface area contributed by atoms with E-state index >= 15 is 0 Å². The number of fused-ring (bicyclic) bond motifs is 1. The van der Waals surface area contributed by atoms with E-state index in [0.717, 1.165) is 24.0 Å². The lowest BCUT2D eigenvalue weighted by Crippen LogP contribution is -2.29. The highest BCUT2D eigenvalue weighted by atomic mass is 35.5. The standard InChI is InChI=1S/C31H29ClN2O6S/c1-4-5-6-14-40-23-13-10-18(16-24(23)39-3)27-26(28(35)19-8-7-9-21(15-19)38-2)29(36)30(37)34(27)31-33-22-12-11-20(32)17-25(22)41-31/h7-13,15-17,27,35H,4-6,14H2,1-3H3/b28-26+. The Morgan fingerprint density at radius 2 is 1.85 bits per heavy atom. The van der Waals surface area contributed by atoms with Gasteiger partial charge in [-0.1, -0.05) is 60.9 Å². The first-order chi connectivity index (χ1) is 19.9. The minimum Gasteiger partial charge on any atom is -0.507 e. The lowest BCUT2D eigenvalue weighted by Gasteiger charge is -2.24. The van der Waals surface area contributed by atoms with Gasteiger partial charge in [0.05, 0.1) is 42.7 Å². The molecular weight excluding hydrogens is 564 g/mol. The molecule has 1 atom stereocenters. The Bertz CT molecular complexity index is 1650. The summed E-state index contributed by atoms with van der Waals surface area (Å²) < 4.78 is 17.6. The van der Waals surface area contributed by atoms with E-state index in [9.17, 15) is 14.7 Å². The number of rotatable bonds is 10. The maximum absolute atomic E-state index is 13.6. The quantitative estimate of drug-likeness (QED) is 0.0902. The third-order valence-corrected chi connectivity index (χ3v) is 8.09. The Kier molecular flexibility index (Phi) is 8.46. The number of thiazole rings is 1. The molecule has 1 N–H and O–H groups in total. The van der Waals surface area contributed by atoms with Gasteiger partial charge in [-0.3, -0.25) is 14.5 Å². The van der Waals surface area contributed by atoms with Gasteiger partial charge in [0.15, 0.2) is 16.6 Å². The van der Waals surface area contributed by atoms with Crippen LogP contribution in [0.5, 0.6) is 17.2 Å². The molecule has 5 rings (SSSR count). The molecule has 1 aromatic heterocycles. The van der Waals surface area contributed by atoms with Crippen LogP contribution in [-0.4, -0.2) is 42.6 Å². The molecule has 10 heteroatoms. The third-order valence-electron chi connectivity index (χ3n) is 6.84. The van der Waals surface area contributed by atoms with E-state index in [4.69, 9.17) is 25.8 Å². The number of methoxy groups -OCH3 is 2. The van der Waals surface area contributed by atoms with Crippen molar-refractivity contribution in [1.29, 1.82) is 0 Å². The molecule has 0 spiro atoms. The zero-order chi connectivity index (χ0) is 29.1. The maximum Gasteiger partial charge on any atom is 0.301 e. The van der Waals surface area contributed by atoms with E-state index in [1.165, 1.54) is 30.5 Å². The number of carbonyl (C=O) groups is 2. The highest BCUT2D eigenvalue weighted by molar-refractivity contribution is 7.22. The predicted octanol–water partition coefficient (Wildman–Crippen LogP) is 7.16. The van der Waals surface area contributed by atoms with Gasteiger partial charge < -0.3 is 19.3 Å². The average Bonchev–Trinajstić information content (AvgIpc) is 3.52. The molecule has 1 unspecified atom stereocenters. The Balaban J connectivity index is 1.66. The first-order valence-electron chi connectivity index (χ1n) is 13.2. The third kappa shape index (κ3) is 5.60. The van der Waals surface area contributed by atoms with Gasteiger partial charge in [0.25, 0.3) is 5.78 Å². The summed E-state index contributed by atoms with van der Waals surface area (Å²) in [4.78, 5) is 33.2. The number of ketones is 1. The van der Waals surface area contributed by atoms with Gasteiger partial charge >= 0.3 is 5.91 Å². The summed E-state index contributed by atoms with van der Waals surface area (Å²) in [6, 6.07) is 16.2. The van der Waals surface area contributed by atoms with Gasteiger partial charge in [0.1, 0.15) is 11.5 Å². The molecule has 1 amide bonds. The van der Waals surface area contributed by atoms with Crippen molar-refractivity contribution in [1.82, 2.24) is 4.98 Å². The van der Waals surface area contributed by atoms with Crippen LogP contribution in [0.15, 0.2) is 66.2 Å². The zero-order valence-electron chi connectivity index (χ0n) is 22.8. The molecule has 1 aliphatic heterocycles. The number of unbranched alkanes of at least 4 members (excludes halogenated alkanes) is 2. The second-order valence-corrected chi connectivity index (χ2v) is 10.9. The van der Waals surface area contributed by atoms with Gasteiger partial charge in [-0.05, 0) is 54.4 Å². The Morgan fingerprint density at radius 1 is 1.02 bits per heavy atom. The molecule has 1 saturated heterocycles. The lowest BCUT2D eigenvalue weighted by molar-refractivity contribution is -0.132. The Labute approximate surface area is 246 Å². The van der Waals surface area contributed by atoms with Crippen LogP contribution in [0.25, 0.3) is 16.0 Å². The number of amides is 1. The Hall–Kier alpha value is -4.08. The maximum atomic E-state index is 13.6. The average molecular weight is 593 g/mol. The molecule has 0 radical (unpaired) electrons. The number of anilines is 1. The molecular formula is C31H29ClN2O6S. The van der Waals surface area contributed by atoms with E-state index in [2.05, 4.69) is 11.9 Å². The summed E-state index contributed by atoms with van der Waals surface area (Å²) in [5.74, 6) is -0.462. The fraction of sp³-hybridized carbons (Fsp3) is 0.258. The molecule has 1 fully saturated rings. The monoisotopic (exact) mass is 592 g/mol. The highest BCUT2D eigenvalue weighted by Crippen LogP contribution is 2.46. The van der Waals surface area contributed by atoms with Crippen molar-refractivity contribution in [3.05, 3.63) is 82.4 Å². The fourth-order valence-corrected chi connectivity index (χ4v) is 6.04. The van der Waals surface area contributed by atoms with Crippen molar-refractivity contribution in [3.63, 3.8) is 0 Å². The van der Waals surface area contributed by atoms with Crippen LogP contribution in [-0.2, 0) is 9.59 Å². The molecule has 2 heterocycles. The second kappa shape index (κ2) is 12.2. The number of benzene rings is 3. The van der Waals surface area contributed by atoms with Gasteiger partial charge in [0.2, 0.25) is 0 Å². The van der Waals surface area contributed by atoms with Crippen LogP contribution in [0.1, 0.15) is 43.4 Å². The summed E-state index contributed by atoms with van der Waals surface area (Å²) in [7, 11) is 3.04. The van der Waals surface area contributed by atoms with E-state index in [0.29, 0.717) is 50.7 Å². The summed E-state index contributed by atoms with van der Waals surface area (Å²) in [6.07, 6.45) is 3.03. The van der Waals surface area contributed by atoms with Crippen LogP contribution in [0.2, 0.25) is 5.02 Å². The van der Waals surface area contributed by atoms with Crippen LogP contribution in [0.4, 0.5) is 5.13 Å². The summed E-state index contributed by atoms with van der Waals surface area (Å²) >= 11 is 7.43. The number of carbonyl (C=O) groups excluding carboxylic acids is 2. The number of Topliss-reactive ketones (excluding diaryl/α,β-unsaturated/α-hetero) is 1. The van der Waals surface area contributed by atoms with Crippen molar-refractivity contribution >= 4 is 55.7 Å². The molecule has 41 heavy (non-hydrogen) atoms. The van der Waals surface area contributed by atoms with Crippen LogP contribution in [0, 0.1) is 0 Å². The van der Waals surface area contributed by atoms with Gasteiger partial charge in [-0.25, -0.2) is 4.98 Å². The van der Waals surface area contributed by atoms with E-state index in [-0.39, 0.29) is 11.3 Å². The van der Waals surface area contributed by atoms with Crippen molar-refractivity contribution in [3.8, 4) is 17.2 Å². The van der Waals surface area contributed by atoms with Crippen molar-refractivity contribution in [2.75, 3.05) is 25.7 Å². The number of aliphatic hydroxyl groups is 1. The van der Waals surface area contributed by atoms with Crippen LogP contribution >= 0.6 is 22.9 Å². The number of ether oxygens (including phenoxy) is 3. The second-order valence-electron chi connectivity index (χ2n) is 9.48. The molecule has 0 bridgehead atoms. The minimum atomic E-state index is -0.986. The van der Waals surface area contributed by atoms with E-state index in [1.807, 2.05) is 0 Å². The number of nitrogens with zero attached hydrogens (tertiary/aromatic N) is 2. The predicted molar refractivity (Wildman–Crippen MR) is 160 cm³/mol. The first kappa shape index (κ1) is 28.4. The SMILES string of the molecule is CCCCCOc1ccc(C2/C(=C(\O)c3cccc(OC)c3)C(=O)C(=O)N2c2nc3ccc(Cl)cc3s2)cc1OC. The largest absolute Gasteiger partial charge is 0.507 e. The normalized spacial score (nSPS) is 16.4. The molecule has 0 aliphatic carbocycles. The molecule has 0 saturated carbocycles. The van der Waals surface area contributed by atoms with E-state index < -0.39 is 17.7 Å². The molecule has 8 nitrogen and oxygen atoms in total. The number of aliphatic hydroxyl groups excluding tert-OH is 1. The number of hydrogen-bond donors (Lipinski definition) is 1. The lowest BCUT2D eigenvalue weighted by atomic mass is 9.95. The zero-order valence-corrected chi connectivity index (χ0v) is 24.4. The van der Waals surface area contributed by atoms with Crippen LogP contribution in [0.3, 0.4) is 0 Å². The highest BCUT2D eigenvalue weighted by Gasteiger charge is 2.48. The molecule has 1 aliphatic rings. The summed E-state index contributed by atoms with van der Waals surface area (Å²) in [5.41, 5.74) is 1.45. The van der Waals surface area contributed by atoms with Gasteiger partial charge in [0, 0.05) is 10.6 Å². The van der Waals surface area contributed by atoms with Crippen molar-refractivity contribution in [2.24, 2.45) is 0 Å². The molecule has 212 valence electrons. The summed E-state index contributed by atoms with van der Waals surface area (Å²) in [6.45, 7) is 2.66. The Morgan fingerprint density at radius 3 is 2.61 bits per heavy atom. The topological polar surface area (TPSA) is 98.2 Å². The first-order valence-corrected chi connectivity index (χ1v) is 14.4. The number of aromatic nitrogens is 1. The number of hydrogen-bond acceptors (Lipinski definition) is 8. The van der Waals surface area contributed by atoms with Gasteiger partial charge in [-0.15, -0.1) is 0 Å². The van der Waals surface area contributed by atoms with Crippen LogP contribution < -0.4 is 19.1 Å². The van der Waals surface area contributed by atoms with E-state index in [1.54, 1.807) is 60.7 Å².